The van der Waals surface area contributed by atoms with Crippen molar-refractivity contribution in [3.8, 4) is 0 Å². The third kappa shape index (κ3) is 1.25. The van der Waals surface area contributed by atoms with Crippen LogP contribution in [0.15, 0.2) is 0 Å². The number of carboxylic acid groups (broad SMARTS) is 1. The molecule has 0 radical (unpaired) electrons. The van der Waals surface area contributed by atoms with E-state index in [1.807, 2.05) is 7.05 Å². The first-order chi connectivity index (χ1) is 6.11. The smallest absolute Gasteiger partial charge is 0.310 e. The molecule has 2 unspecified atom stereocenters. The molecule has 0 saturated carbocycles. The van der Waals surface area contributed by atoms with Gasteiger partial charge in [0.15, 0.2) is 0 Å². The Labute approximate surface area is 77.2 Å². The molecule has 2 rings (SSSR count). The van der Waals surface area contributed by atoms with Crippen molar-refractivity contribution in [2.45, 2.75) is 37.5 Å². The maximum absolute atomic E-state index is 10.9. The number of hydrogen-bond donors (Lipinski definition) is 2. The zero-order chi connectivity index (χ0) is 9.59. The van der Waals surface area contributed by atoms with Crippen molar-refractivity contribution in [1.82, 2.24) is 4.90 Å². The Hall–Kier alpha value is -0.610. The second-order valence-electron chi connectivity index (χ2n) is 4.13. The first-order valence-corrected chi connectivity index (χ1v) is 4.74. The Morgan fingerprint density at radius 3 is 2.77 bits per heavy atom. The summed E-state index contributed by atoms with van der Waals surface area (Å²) in [5.74, 6) is -1.44. The largest absolute Gasteiger partial charge is 0.481 e. The molecule has 2 aliphatic heterocycles. The number of piperidine rings is 1. The summed E-state index contributed by atoms with van der Waals surface area (Å²) in [4.78, 5) is 13.0. The Kier molecular flexibility index (Phi) is 2.04. The van der Waals surface area contributed by atoms with E-state index < -0.39 is 18.0 Å². The summed E-state index contributed by atoms with van der Waals surface area (Å²) in [7, 11) is 1.96. The highest BCUT2D eigenvalue weighted by molar-refractivity contribution is 5.72. The van der Waals surface area contributed by atoms with E-state index in [4.69, 9.17) is 5.11 Å². The topological polar surface area (TPSA) is 60.8 Å². The van der Waals surface area contributed by atoms with E-state index in [1.54, 1.807) is 0 Å². The van der Waals surface area contributed by atoms with Crippen LogP contribution in [0.3, 0.4) is 0 Å². The van der Waals surface area contributed by atoms with Gasteiger partial charge in [-0.3, -0.25) is 9.69 Å². The molecule has 2 fully saturated rings. The van der Waals surface area contributed by atoms with E-state index in [1.165, 1.54) is 0 Å². The van der Waals surface area contributed by atoms with Crippen molar-refractivity contribution in [1.29, 1.82) is 0 Å². The third-order valence-corrected chi connectivity index (χ3v) is 3.52. The molecule has 13 heavy (non-hydrogen) atoms. The predicted molar refractivity (Wildman–Crippen MR) is 46.3 cm³/mol. The van der Waals surface area contributed by atoms with Gasteiger partial charge in [0.05, 0.1) is 12.0 Å². The average molecular weight is 185 g/mol. The fourth-order valence-electron chi connectivity index (χ4n) is 2.77. The molecule has 0 aromatic rings. The summed E-state index contributed by atoms with van der Waals surface area (Å²) >= 11 is 0. The van der Waals surface area contributed by atoms with Crippen molar-refractivity contribution in [3.05, 3.63) is 0 Å². The van der Waals surface area contributed by atoms with E-state index in [0.29, 0.717) is 12.5 Å². The minimum Gasteiger partial charge on any atom is -0.481 e. The number of fused-ring (bicyclic) bond motifs is 2. The van der Waals surface area contributed by atoms with Gasteiger partial charge in [0, 0.05) is 12.1 Å². The number of aliphatic carboxylic acids is 1. The van der Waals surface area contributed by atoms with Gasteiger partial charge in [-0.2, -0.15) is 0 Å². The highest BCUT2D eigenvalue weighted by Gasteiger charge is 2.48. The van der Waals surface area contributed by atoms with Crippen LogP contribution in [-0.4, -0.2) is 46.3 Å². The van der Waals surface area contributed by atoms with Gasteiger partial charge >= 0.3 is 5.97 Å². The van der Waals surface area contributed by atoms with Crippen LogP contribution in [0, 0.1) is 5.92 Å². The predicted octanol–water partition coefficient (Wildman–Crippen LogP) is -0.0854. The Balaban J connectivity index is 2.21. The van der Waals surface area contributed by atoms with Crippen LogP contribution in [-0.2, 0) is 4.79 Å². The third-order valence-electron chi connectivity index (χ3n) is 3.52. The minimum atomic E-state index is -0.857. The lowest BCUT2D eigenvalue weighted by atomic mass is 9.88. The first kappa shape index (κ1) is 8.97. The highest BCUT2D eigenvalue weighted by Crippen LogP contribution is 2.38. The number of carbonyl (C=O) groups is 1. The molecule has 0 spiro atoms. The molecule has 0 amide bonds. The van der Waals surface area contributed by atoms with Crippen LogP contribution in [0.1, 0.15) is 19.3 Å². The van der Waals surface area contributed by atoms with Gasteiger partial charge in [-0.15, -0.1) is 0 Å². The van der Waals surface area contributed by atoms with Gasteiger partial charge in [-0.1, -0.05) is 0 Å². The monoisotopic (exact) mass is 185 g/mol. The number of hydrogen-bond acceptors (Lipinski definition) is 3. The molecule has 4 heteroatoms. The molecule has 2 saturated heterocycles. The van der Waals surface area contributed by atoms with Crippen LogP contribution >= 0.6 is 0 Å². The molecule has 2 bridgehead atoms. The molecule has 2 aliphatic rings. The summed E-state index contributed by atoms with van der Waals surface area (Å²) in [6, 6.07) is 0.446. The van der Waals surface area contributed by atoms with Crippen LogP contribution in [0.2, 0.25) is 0 Å². The molecule has 74 valence electrons. The lowest BCUT2D eigenvalue weighted by Crippen LogP contribution is -2.51. The Bertz CT molecular complexity index is 231. The van der Waals surface area contributed by atoms with Gasteiger partial charge in [0.25, 0.3) is 0 Å². The van der Waals surface area contributed by atoms with E-state index in [0.717, 1.165) is 12.8 Å². The second-order valence-corrected chi connectivity index (χ2v) is 4.13. The van der Waals surface area contributed by atoms with Crippen molar-refractivity contribution < 1.29 is 15.0 Å². The molecule has 4 nitrogen and oxygen atoms in total. The summed E-state index contributed by atoms with van der Waals surface area (Å²) in [5.41, 5.74) is 0. The number of aliphatic hydroxyl groups is 1. The van der Waals surface area contributed by atoms with E-state index in [2.05, 4.69) is 4.90 Å². The van der Waals surface area contributed by atoms with Crippen LogP contribution in [0.4, 0.5) is 0 Å². The summed E-state index contributed by atoms with van der Waals surface area (Å²) in [5, 5.41) is 18.6. The van der Waals surface area contributed by atoms with Crippen molar-refractivity contribution >= 4 is 5.97 Å². The average Bonchev–Trinajstić information content (AvgIpc) is 2.34. The number of aliphatic hydroxyl groups excluding tert-OH is 1. The molecule has 0 aliphatic carbocycles. The maximum atomic E-state index is 10.9. The van der Waals surface area contributed by atoms with Crippen LogP contribution < -0.4 is 0 Å². The van der Waals surface area contributed by atoms with Crippen LogP contribution in [0.5, 0.6) is 0 Å². The van der Waals surface area contributed by atoms with E-state index >= 15 is 0 Å². The molecule has 4 atom stereocenters. The van der Waals surface area contributed by atoms with Crippen molar-refractivity contribution in [2.75, 3.05) is 7.05 Å². The molecule has 0 aromatic heterocycles. The molecular weight excluding hydrogens is 170 g/mol. The molecule has 2 N–H and O–H groups in total. The second kappa shape index (κ2) is 2.96. The highest BCUT2D eigenvalue weighted by atomic mass is 16.4. The normalized spacial score (nSPS) is 45.1. The Morgan fingerprint density at radius 2 is 2.15 bits per heavy atom. The van der Waals surface area contributed by atoms with Gasteiger partial charge in [-0.25, -0.2) is 0 Å². The van der Waals surface area contributed by atoms with Gasteiger partial charge in [0.2, 0.25) is 0 Å². The summed E-state index contributed by atoms with van der Waals surface area (Å²) in [6.45, 7) is 0. The zero-order valence-corrected chi connectivity index (χ0v) is 7.68. The van der Waals surface area contributed by atoms with Crippen molar-refractivity contribution in [2.24, 2.45) is 5.92 Å². The summed E-state index contributed by atoms with van der Waals surface area (Å²) in [6.07, 6.45) is 1.91. The number of nitrogens with zero attached hydrogens (tertiary/aromatic N) is 1. The van der Waals surface area contributed by atoms with Gasteiger partial charge in [0.1, 0.15) is 0 Å². The van der Waals surface area contributed by atoms with Gasteiger partial charge < -0.3 is 10.2 Å². The maximum Gasteiger partial charge on any atom is 0.310 e. The molecule has 0 aromatic carbocycles. The minimum absolute atomic E-state index is 0.0475. The van der Waals surface area contributed by atoms with Crippen molar-refractivity contribution in [3.63, 3.8) is 0 Å². The standard InChI is InChI=1S/C9H15NO3/c1-10-5-2-3-6(10)8(9(12)13)7(11)4-5/h5-8,11H,2-4H2,1H3,(H,12,13)/t5?,6?,7-,8+/m0/s1. The van der Waals surface area contributed by atoms with E-state index in [9.17, 15) is 9.90 Å². The molecular formula is C9H15NO3. The van der Waals surface area contributed by atoms with Gasteiger partial charge in [-0.05, 0) is 26.3 Å². The summed E-state index contributed by atoms with van der Waals surface area (Å²) < 4.78 is 0. The number of rotatable bonds is 1. The van der Waals surface area contributed by atoms with E-state index in [-0.39, 0.29) is 6.04 Å². The lowest BCUT2D eigenvalue weighted by molar-refractivity contribution is -0.151. The molecule has 2 heterocycles. The number of carboxylic acids is 1. The first-order valence-electron chi connectivity index (χ1n) is 4.74. The lowest BCUT2D eigenvalue weighted by Gasteiger charge is -2.38. The quantitative estimate of drug-likeness (QED) is 0.599. The fraction of sp³-hybridized carbons (Fsp3) is 0.889. The Morgan fingerprint density at radius 1 is 1.46 bits per heavy atom. The zero-order valence-electron chi connectivity index (χ0n) is 7.68. The fourth-order valence-corrected chi connectivity index (χ4v) is 2.77. The van der Waals surface area contributed by atoms with Crippen LogP contribution in [0.25, 0.3) is 0 Å². The SMILES string of the molecule is CN1C2CCC1[C@@H](C(=O)O)[C@@H](O)C2.